The van der Waals surface area contributed by atoms with Crippen molar-refractivity contribution in [2.45, 2.75) is 30.8 Å². The molecule has 0 spiro atoms. The van der Waals surface area contributed by atoms with Gasteiger partial charge >= 0.3 is 0 Å². The van der Waals surface area contributed by atoms with E-state index in [1.165, 1.54) is 12.1 Å². The third-order valence-corrected chi connectivity index (χ3v) is 5.21. The van der Waals surface area contributed by atoms with Crippen LogP contribution in [0.25, 0.3) is 0 Å². The zero-order valence-corrected chi connectivity index (χ0v) is 15.7. The van der Waals surface area contributed by atoms with Crippen molar-refractivity contribution in [3.63, 3.8) is 0 Å². The van der Waals surface area contributed by atoms with Crippen molar-refractivity contribution in [3.8, 4) is 0 Å². The van der Waals surface area contributed by atoms with E-state index < -0.39 is 16.1 Å². The normalized spacial score (nSPS) is 12.3. The summed E-state index contributed by atoms with van der Waals surface area (Å²) in [6.07, 6.45) is 2.60. The van der Waals surface area contributed by atoms with Gasteiger partial charge in [-0.05, 0) is 36.1 Å². The van der Waals surface area contributed by atoms with Crippen molar-refractivity contribution in [1.29, 1.82) is 0 Å². The maximum atomic E-state index is 11.8. The second-order valence-electron chi connectivity index (χ2n) is 4.75. The summed E-state index contributed by atoms with van der Waals surface area (Å²) in [6, 6.07) is 5.89. The van der Waals surface area contributed by atoms with E-state index in [-0.39, 0.29) is 23.2 Å². The Morgan fingerprint density at radius 2 is 1.91 bits per heavy atom. The van der Waals surface area contributed by atoms with Gasteiger partial charge in [-0.3, -0.25) is 4.79 Å². The number of nitrogens with one attached hydrogen (secondary N) is 2. The van der Waals surface area contributed by atoms with Crippen LogP contribution in [0.3, 0.4) is 0 Å². The molecule has 1 rings (SSSR count). The van der Waals surface area contributed by atoms with Gasteiger partial charge in [-0.1, -0.05) is 19.1 Å². The van der Waals surface area contributed by atoms with Crippen LogP contribution in [0.15, 0.2) is 29.2 Å². The Morgan fingerprint density at radius 1 is 1.30 bits per heavy atom. The molecule has 0 saturated heterocycles. The highest BCUT2D eigenvalue weighted by Crippen LogP contribution is 2.10. The zero-order valence-electron chi connectivity index (χ0n) is 13.2. The molecular formula is C14H24ClN3O3S2. The standard InChI is InChI=1S/C14H23N3O3S2.ClH/c1-3-17-22(19,20)12-6-4-11(5-7-12)10-16-14(18)13(15)8-9-21-2;/h4-7,13,17H,3,8-10,15H2,1-2H3,(H,16,18);1H/t13-;/m0./s1. The molecule has 0 bridgehead atoms. The molecule has 1 aromatic rings. The number of benzene rings is 1. The van der Waals surface area contributed by atoms with Gasteiger partial charge in [-0.2, -0.15) is 11.8 Å². The summed E-state index contributed by atoms with van der Waals surface area (Å²) in [7, 11) is -3.44. The number of sulfonamides is 1. The van der Waals surface area contributed by atoms with Crippen molar-refractivity contribution in [2.24, 2.45) is 5.73 Å². The quantitative estimate of drug-likeness (QED) is 0.594. The minimum absolute atomic E-state index is 0. The molecule has 0 aliphatic carbocycles. The van der Waals surface area contributed by atoms with E-state index in [2.05, 4.69) is 10.0 Å². The van der Waals surface area contributed by atoms with E-state index in [0.717, 1.165) is 11.3 Å². The topological polar surface area (TPSA) is 101 Å². The first-order valence-corrected chi connectivity index (χ1v) is 9.89. The highest BCUT2D eigenvalue weighted by Gasteiger charge is 2.14. The minimum atomic E-state index is -3.44. The van der Waals surface area contributed by atoms with Crippen molar-refractivity contribution in [2.75, 3.05) is 18.6 Å². The van der Waals surface area contributed by atoms with Crippen LogP contribution in [-0.2, 0) is 21.4 Å². The van der Waals surface area contributed by atoms with Crippen LogP contribution < -0.4 is 15.8 Å². The number of carbonyl (C=O) groups excluding carboxylic acids is 1. The summed E-state index contributed by atoms with van der Waals surface area (Å²) in [6.45, 7) is 2.39. The Kier molecular flexibility index (Phi) is 10.5. The van der Waals surface area contributed by atoms with E-state index in [1.54, 1.807) is 30.8 Å². The fourth-order valence-corrected chi connectivity index (χ4v) is 3.29. The molecule has 132 valence electrons. The van der Waals surface area contributed by atoms with E-state index >= 15 is 0 Å². The van der Waals surface area contributed by atoms with Gasteiger partial charge in [-0.15, -0.1) is 12.4 Å². The van der Waals surface area contributed by atoms with Gasteiger partial charge in [0.25, 0.3) is 0 Å². The molecule has 0 radical (unpaired) electrons. The van der Waals surface area contributed by atoms with Crippen LogP contribution in [0.2, 0.25) is 0 Å². The molecule has 1 aromatic carbocycles. The SMILES string of the molecule is CCNS(=O)(=O)c1ccc(CNC(=O)[C@@H](N)CCSC)cc1.Cl. The van der Waals surface area contributed by atoms with Crippen molar-refractivity contribution < 1.29 is 13.2 Å². The van der Waals surface area contributed by atoms with Crippen LogP contribution in [0, 0.1) is 0 Å². The van der Waals surface area contributed by atoms with E-state index in [4.69, 9.17) is 5.73 Å². The van der Waals surface area contributed by atoms with Crippen LogP contribution in [0.1, 0.15) is 18.9 Å². The van der Waals surface area contributed by atoms with Gasteiger partial charge in [-0.25, -0.2) is 13.1 Å². The van der Waals surface area contributed by atoms with E-state index in [1.807, 2.05) is 6.26 Å². The number of carbonyl (C=O) groups is 1. The largest absolute Gasteiger partial charge is 0.351 e. The van der Waals surface area contributed by atoms with Crippen LogP contribution in [0.5, 0.6) is 0 Å². The van der Waals surface area contributed by atoms with Gasteiger partial charge in [0.05, 0.1) is 10.9 Å². The molecule has 6 nitrogen and oxygen atoms in total. The maximum Gasteiger partial charge on any atom is 0.240 e. The lowest BCUT2D eigenvalue weighted by Gasteiger charge is -2.12. The summed E-state index contributed by atoms with van der Waals surface area (Å²) in [5, 5.41) is 2.75. The first kappa shape index (κ1) is 22.2. The summed E-state index contributed by atoms with van der Waals surface area (Å²) < 4.78 is 26.0. The zero-order chi connectivity index (χ0) is 16.6. The third kappa shape index (κ3) is 7.54. The fourth-order valence-electron chi connectivity index (χ4n) is 1.76. The molecule has 1 amide bonds. The molecule has 1 atom stereocenters. The smallest absolute Gasteiger partial charge is 0.240 e. The summed E-state index contributed by atoms with van der Waals surface area (Å²) in [4.78, 5) is 12.0. The fraction of sp³-hybridized carbons (Fsp3) is 0.500. The average Bonchev–Trinajstić information content (AvgIpc) is 2.50. The average molecular weight is 382 g/mol. The van der Waals surface area contributed by atoms with Crippen LogP contribution >= 0.6 is 24.2 Å². The van der Waals surface area contributed by atoms with Crippen molar-refractivity contribution in [1.82, 2.24) is 10.0 Å². The Bertz CT molecular complexity index is 579. The van der Waals surface area contributed by atoms with Gasteiger partial charge < -0.3 is 11.1 Å². The van der Waals surface area contributed by atoms with Crippen LogP contribution in [0.4, 0.5) is 0 Å². The van der Waals surface area contributed by atoms with E-state index in [0.29, 0.717) is 19.5 Å². The molecule has 0 unspecified atom stereocenters. The molecule has 0 fully saturated rings. The van der Waals surface area contributed by atoms with Crippen molar-refractivity contribution in [3.05, 3.63) is 29.8 Å². The van der Waals surface area contributed by atoms with Gasteiger partial charge in [0.15, 0.2) is 0 Å². The molecule has 0 aromatic heterocycles. The predicted molar refractivity (Wildman–Crippen MR) is 97.4 cm³/mol. The predicted octanol–water partition coefficient (Wildman–Crippen LogP) is 1.10. The third-order valence-electron chi connectivity index (χ3n) is 3.00. The molecule has 23 heavy (non-hydrogen) atoms. The minimum Gasteiger partial charge on any atom is -0.351 e. The lowest BCUT2D eigenvalue weighted by atomic mass is 10.2. The number of rotatable bonds is 9. The first-order chi connectivity index (χ1) is 10.4. The second-order valence-corrected chi connectivity index (χ2v) is 7.50. The number of hydrogen-bond acceptors (Lipinski definition) is 5. The number of halogens is 1. The van der Waals surface area contributed by atoms with Gasteiger partial charge in [0.2, 0.25) is 15.9 Å². The molecule has 0 saturated carbocycles. The molecule has 0 aliphatic rings. The number of nitrogens with two attached hydrogens (primary N) is 1. The molecular weight excluding hydrogens is 358 g/mol. The number of thioether (sulfide) groups is 1. The summed E-state index contributed by atoms with van der Waals surface area (Å²) in [5.41, 5.74) is 6.59. The first-order valence-electron chi connectivity index (χ1n) is 7.01. The number of amides is 1. The molecule has 0 aliphatic heterocycles. The Hall–Kier alpha value is -0.800. The maximum absolute atomic E-state index is 11.8. The second kappa shape index (κ2) is 10.9. The lowest BCUT2D eigenvalue weighted by Crippen LogP contribution is -2.40. The molecule has 9 heteroatoms. The highest BCUT2D eigenvalue weighted by atomic mass is 35.5. The van der Waals surface area contributed by atoms with Gasteiger partial charge in [0.1, 0.15) is 0 Å². The Morgan fingerprint density at radius 3 is 2.43 bits per heavy atom. The monoisotopic (exact) mass is 381 g/mol. The molecule has 0 heterocycles. The summed E-state index contributed by atoms with van der Waals surface area (Å²) in [5.74, 6) is 0.643. The highest BCUT2D eigenvalue weighted by molar-refractivity contribution is 7.98. The Labute approximate surface area is 148 Å². The molecule has 4 N–H and O–H groups in total. The van der Waals surface area contributed by atoms with E-state index in [9.17, 15) is 13.2 Å². The van der Waals surface area contributed by atoms with Gasteiger partial charge in [0, 0.05) is 13.1 Å². The lowest BCUT2D eigenvalue weighted by molar-refractivity contribution is -0.122. The Balaban J connectivity index is 0.00000484. The van der Waals surface area contributed by atoms with Crippen molar-refractivity contribution >= 4 is 40.1 Å². The summed E-state index contributed by atoms with van der Waals surface area (Å²) >= 11 is 1.65. The van der Waals surface area contributed by atoms with Crippen LogP contribution in [-0.4, -0.2) is 38.9 Å². The number of hydrogen-bond donors (Lipinski definition) is 3.